The molecule has 3 aromatic heterocycles. The third-order valence-electron chi connectivity index (χ3n) is 6.14. The van der Waals surface area contributed by atoms with Crippen molar-refractivity contribution in [1.29, 1.82) is 0 Å². The summed E-state index contributed by atoms with van der Waals surface area (Å²) in [5, 5.41) is 27.9. The van der Waals surface area contributed by atoms with Gasteiger partial charge >= 0.3 is 6.03 Å². The van der Waals surface area contributed by atoms with Crippen molar-refractivity contribution in [2.75, 3.05) is 0 Å². The molecule has 10 heteroatoms. The molecule has 3 N–H and O–H groups in total. The normalized spacial score (nSPS) is 11.7. The number of hydrazone groups is 1. The average Bonchev–Trinajstić information content (AvgIpc) is 3.35. The molecule has 0 aliphatic rings. The van der Waals surface area contributed by atoms with Crippen molar-refractivity contribution < 1.29 is 4.79 Å². The molecule has 2 amide bonds. The first-order chi connectivity index (χ1) is 18.6. The Morgan fingerprint density at radius 3 is 2.11 bits per heavy atom. The lowest BCUT2D eigenvalue weighted by atomic mass is 9.97. The first kappa shape index (κ1) is 22.9. The standard InChI is InChI=1S/C28H21N9O/c1-17-23(25(32-35-28(29)38)20-15-9-4-10-16-20)30-34-27-22-21(18-11-5-2-6-12-18)24(19-13-7-3-8-14-19)31-33-26(22)36-37(17)27/h2-16H,1H3,(H3,29,35,38)/b32-25+. The van der Waals surface area contributed by atoms with Crippen molar-refractivity contribution >= 4 is 28.4 Å². The molecule has 0 saturated carbocycles. The minimum Gasteiger partial charge on any atom is -0.350 e. The molecule has 184 valence electrons. The number of aromatic nitrogens is 6. The molecule has 3 heterocycles. The molecule has 0 saturated heterocycles. The first-order valence-corrected chi connectivity index (χ1v) is 11.8. The number of rotatable bonds is 5. The highest BCUT2D eigenvalue weighted by Crippen LogP contribution is 2.37. The highest BCUT2D eigenvalue weighted by atomic mass is 16.2. The van der Waals surface area contributed by atoms with E-state index in [1.807, 2.05) is 97.9 Å². The molecule has 10 nitrogen and oxygen atoms in total. The molecule has 3 aromatic carbocycles. The van der Waals surface area contributed by atoms with Crippen LogP contribution in [0.2, 0.25) is 0 Å². The van der Waals surface area contributed by atoms with Crippen molar-refractivity contribution in [2.24, 2.45) is 10.8 Å². The molecule has 6 rings (SSSR count). The van der Waals surface area contributed by atoms with Crippen LogP contribution in [0, 0.1) is 6.92 Å². The maximum Gasteiger partial charge on any atom is 0.332 e. The Labute approximate surface area is 216 Å². The molecule has 0 aliphatic heterocycles. The zero-order chi connectivity index (χ0) is 26.1. The van der Waals surface area contributed by atoms with Gasteiger partial charge in [0, 0.05) is 16.7 Å². The van der Waals surface area contributed by atoms with Gasteiger partial charge in [-0.25, -0.2) is 14.7 Å². The van der Waals surface area contributed by atoms with E-state index in [1.54, 1.807) is 4.52 Å². The maximum atomic E-state index is 11.4. The van der Waals surface area contributed by atoms with Crippen LogP contribution in [0.4, 0.5) is 4.79 Å². The molecule has 0 bridgehead atoms. The lowest BCUT2D eigenvalue weighted by Crippen LogP contribution is -2.27. The SMILES string of the molecule is Cc1c(/C(=N/NC(N)=O)c2ccccc2)nnc2c3c(-c4ccccc4)c(-c4ccccc4)nnc3nn12. The fourth-order valence-electron chi connectivity index (χ4n) is 4.42. The second-order valence-corrected chi connectivity index (χ2v) is 8.53. The van der Waals surface area contributed by atoms with Crippen LogP contribution in [0.15, 0.2) is 96.1 Å². The van der Waals surface area contributed by atoms with E-state index in [0.29, 0.717) is 28.4 Å². The number of nitrogens with zero attached hydrogens (tertiary/aromatic N) is 7. The van der Waals surface area contributed by atoms with Crippen molar-refractivity contribution in [3.63, 3.8) is 0 Å². The Morgan fingerprint density at radius 1 is 0.816 bits per heavy atom. The topological polar surface area (TPSA) is 136 Å². The average molecular weight is 500 g/mol. The molecule has 6 aromatic rings. The van der Waals surface area contributed by atoms with Crippen LogP contribution in [0.3, 0.4) is 0 Å². The minimum atomic E-state index is -0.786. The second kappa shape index (κ2) is 9.51. The van der Waals surface area contributed by atoms with Crippen LogP contribution in [-0.2, 0) is 0 Å². The lowest BCUT2D eigenvalue weighted by Gasteiger charge is -2.11. The van der Waals surface area contributed by atoms with Gasteiger partial charge in [-0.2, -0.15) is 5.10 Å². The molecule has 0 radical (unpaired) electrons. The molecule has 0 spiro atoms. The quantitative estimate of drug-likeness (QED) is 0.270. The summed E-state index contributed by atoms with van der Waals surface area (Å²) in [4.78, 5) is 11.4. The highest BCUT2D eigenvalue weighted by molar-refractivity contribution is 6.13. The highest BCUT2D eigenvalue weighted by Gasteiger charge is 2.23. The molecule has 0 unspecified atom stereocenters. The van der Waals surface area contributed by atoms with E-state index in [2.05, 4.69) is 30.9 Å². The van der Waals surface area contributed by atoms with E-state index < -0.39 is 6.03 Å². The smallest absolute Gasteiger partial charge is 0.332 e. The maximum absolute atomic E-state index is 11.4. The molecule has 38 heavy (non-hydrogen) atoms. The third-order valence-corrected chi connectivity index (χ3v) is 6.14. The van der Waals surface area contributed by atoms with Gasteiger partial charge in [-0.05, 0) is 12.5 Å². The number of urea groups is 1. The summed E-state index contributed by atoms with van der Waals surface area (Å²) >= 11 is 0. The van der Waals surface area contributed by atoms with Crippen LogP contribution in [-0.4, -0.2) is 41.8 Å². The zero-order valence-corrected chi connectivity index (χ0v) is 20.3. The van der Waals surface area contributed by atoms with Crippen molar-refractivity contribution in [3.05, 3.63) is 108 Å². The molecule has 0 fully saturated rings. The summed E-state index contributed by atoms with van der Waals surface area (Å²) in [6.45, 7) is 1.86. The van der Waals surface area contributed by atoms with Gasteiger partial charge < -0.3 is 5.73 Å². The Balaban J connectivity index is 1.64. The van der Waals surface area contributed by atoms with Crippen LogP contribution < -0.4 is 11.2 Å². The number of primary amides is 1. The van der Waals surface area contributed by atoms with Gasteiger partial charge in [0.25, 0.3) is 0 Å². The van der Waals surface area contributed by atoms with Gasteiger partial charge in [0.1, 0.15) is 17.1 Å². The van der Waals surface area contributed by atoms with Crippen LogP contribution in [0.1, 0.15) is 17.0 Å². The summed E-state index contributed by atoms with van der Waals surface area (Å²) in [6, 6.07) is 28.4. The predicted molar refractivity (Wildman–Crippen MR) is 144 cm³/mol. The number of amides is 2. The summed E-state index contributed by atoms with van der Waals surface area (Å²) < 4.78 is 1.69. The van der Waals surface area contributed by atoms with E-state index >= 15 is 0 Å². The monoisotopic (exact) mass is 499 g/mol. The summed E-state index contributed by atoms with van der Waals surface area (Å²) in [6.07, 6.45) is 0. The lowest BCUT2D eigenvalue weighted by molar-refractivity contribution is 0.249. The largest absolute Gasteiger partial charge is 0.350 e. The number of carbonyl (C=O) groups excluding carboxylic acids is 1. The number of benzene rings is 3. The molecular formula is C28H21N9O. The van der Waals surface area contributed by atoms with Crippen LogP contribution in [0.25, 0.3) is 39.1 Å². The van der Waals surface area contributed by atoms with Crippen LogP contribution in [0.5, 0.6) is 0 Å². The molecule has 0 aliphatic carbocycles. The Morgan fingerprint density at radius 2 is 1.45 bits per heavy atom. The fourth-order valence-corrected chi connectivity index (χ4v) is 4.42. The fraction of sp³-hybridized carbons (Fsp3) is 0.0357. The Kier molecular flexibility index (Phi) is 5.74. The number of nitrogens with two attached hydrogens (primary N) is 1. The van der Waals surface area contributed by atoms with Gasteiger partial charge in [0.15, 0.2) is 5.65 Å². The number of fused-ring (bicyclic) bond motifs is 3. The van der Waals surface area contributed by atoms with Gasteiger partial charge in [-0.3, -0.25) is 0 Å². The van der Waals surface area contributed by atoms with Gasteiger partial charge in [0.2, 0.25) is 5.65 Å². The van der Waals surface area contributed by atoms with E-state index in [-0.39, 0.29) is 0 Å². The van der Waals surface area contributed by atoms with Gasteiger partial charge in [-0.1, -0.05) is 91.0 Å². The summed E-state index contributed by atoms with van der Waals surface area (Å²) in [7, 11) is 0. The van der Waals surface area contributed by atoms with E-state index in [9.17, 15) is 4.79 Å². The van der Waals surface area contributed by atoms with Crippen molar-refractivity contribution in [1.82, 2.24) is 35.4 Å². The van der Waals surface area contributed by atoms with Gasteiger partial charge in [-0.15, -0.1) is 25.5 Å². The minimum absolute atomic E-state index is 0.398. The number of hydrogen-bond donors (Lipinski definition) is 2. The molecular weight excluding hydrogens is 478 g/mol. The van der Waals surface area contributed by atoms with Crippen LogP contribution >= 0.6 is 0 Å². The summed E-state index contributed by atoms with van der Waals surface area (Å²) in [5.41, 5.74) is 14.2. The second-order valence-electron chi connectivity index (χ2n) is 8.53. The number of carbonyl (C=O) groups is 1. The van der Waals surface area contributed by atoms with Crippen molar-refractivity contribution in [2.45, 2.75) is 6.92 Å². The van der Waals surface area contributed by atoms with E-state index in [0.717, 1.165) is 33.3 Å². The Hall–Kier alpha value is -5.51. The third kappa shape index (κ3) is 3.99. The molecule has 0 atom stereocenters. The summed E-state index contributed by atoms with van der Waals surface area (Å²) in [5.74, 6) is 0. The van der Waals surface area contributed by atoms with E-state index in [4.69, 9.17) is 10.8 Å². The van der Waals surface area contributed by atoms with Gasteiger partial charge in [0.05, 0.1) is 11.1 Å². The number of nitrogens with one attached hydrogen (secondary N) is 1. The number of aryl methyl sites for hydroxylation is 1. The Bertz CT molecular complexity index is 1820. The zero-order valence-electron chi connectivity index (χ0n) is 20.3. The first-order valence-electron chi connectivity index (χ1n) is 11.8. The van der Waals surface area contributed by atoms with Crippen molar-refractivity contribution in [3.8, 4) is 22.4 Å². The van der Waals surface area contributed by atoms with E-state index in [1.165, 1.54) is 0 Å². The number of hydrogen-bond acceptors (Lipinski definition) is 7. The predicted octanol–water partition coefficient (Wildman–Crippen LogP) is 4.13.